The lowest BCUT2D eigenvalue weighted by Gasteiger charge is -2.23. The summed E-state index contributed by atoms with van der Waals surface area (Å²) in [5, 5.41) is 3.39. The van der Waals surface area contributed by atoms with Crippen molar-refractivity contribution < 1.29 is 9.47 Å². The van der Waals surface area contributed by atoms with Crippen molar-refractivity contribution in [3.63, 3.8) is 0 Å². The van der Waals surface area contributed by atoms with E-state index in [4.69, 9.17) is 9.47 Å². The molecule has 2 aromatic rings. The van der Waals surface area contributed by atoms with Gasteiger partial charge in [-0.15, -0.1) is 0 Å². The Hall–Kier alpha value is -2.00. The number of ether oxygens (including phenoxy) is 2. The number of rotatable bonds is 5. The first-order valence-corrected chi connectivity index (χ1v) is 7.08. The Morgan fingerprint density at radius 3 is 2.19 bits per heavy atom. The second-order valence-corrected chi connectivity index (χ2v) is 5.09. The van der Waals surface area contributed by atoms with Crippen LogP contribution in [-0.2, 0) is 0 Å². The molecule has 21 heavy (non-hydrogen) atoms. The minimum Gasteiger partial charge on any atom is -0.493 e. The van der Waals surface area contributed by atoms with Gasteiger partial charge in [0.1, 0.15) is 0 Å². The lowest BCUT2D eigenvalue weighted by atomic mass is 9.92. The second kappa shape index (κ2) is 6.64. The Labute approximate surface area is 126 Å². The van der Waals surface area contributed by atoms with Gasteiger partial charge in [0.05, 0.1) is 20.3 Å². The van der Waals surface area contributed by atoms with E-state index in [1.807, 2.05) is 19.2 Å². The topological polar surface area (TPSA) is 30.5 Å². The molecule has 0 heterocycles. The van der Waals surface area contributed by atoms with E-state index in [9.17, 15) is 0 Å². The van der Waals surface area contributed by atoms with E-state index < -0.39 is 0 Å². The highest BCUT2D eigenvalue weighted by Gasteiger charge is 2.21. The SMILES string of the molecule is CNC(c1cccc(C)c1C)c1cccc(OC)c1OC. The monoisotopic (exact) mass is 285 g/mol. The molecule has 2 aromatic carbocycles. The van der Waals surface area contributed by atoms with E-state index in [0.29, 0.717) is 0 Å². The molecule has 0 fully saturated rings. The molecule has 0 bridgehead atoms. The van der Waals surface area contributed by atoms with Gasteiger partial charge in [-0.2, -0.15) is 0 Å². The van der Waals surface area contributed by atoms with Crippen molar-refractivity contribution in [1.82, 2.24) is 5.32 Å². The molecule has 0 aromatic heterocycles. The summed E-state index contributed by atoms with van der Waals surface area (Å²) in [5.41, 5.74) is 4.91. The quantitative estimate of drug-likeness (QED) is 0.910. The molecule has 3 heteroatoms. The fraction of sp³-hybridized carbons (Fsp3) is 0.333. The van der Waals surface area contributed by atoms with E-state index in [0.717, 1.165) is 17.1 Å². The van der Waals surface area contributed by atoms with Gasteiger partial charge in [0.15, 0.2) is 11.5 Å². The second-order valence-electron chi connectivity index (χ2n) is 5.09. The molecule has 0 aliphatic carbocycles. The third-order valence-electron chi connectivity index (χ3n) is 3.99. The third-order valence-corrected chi connectivity index (χ3v) is 3.99. The smallest absolute Gasteiger partial charge is 0.165 e. The maximum atomic E-state index is 5.58. The summed E-state index contributed by atoms with van der Waals surface area (Å²) in [7, 11) is 5.30. The third kappa shape index (κ3) is 2.88. The van der Waals surface area contributed by atoms with Crippen molar-refractivity contribution in [3.05, 3.63) is 58.7 Å². The Kier molecular flexibility index (Phi) is 4.86. The molecule has 1 unspecified atom stereocenters. The number of hydrogen-bond acceptors (Lipinski definition) is 3. The van der Waals surface area contributed by atoms with Crippen LogP contribution in [0.3, 0.4) is 0 Å². The van der Waals surface area contributed by atoms with Crippen molar-refractivity contribution in [2.75, 3.05) is 21.3 Å². The summed E-state index contributed by atoms with van der Waals surface area (Å²) < 4.78 is 11.0. The molecular weight excluding hydrogens is 262 g/mol. The zero-order valence-electron chi connectivity index (χ0n) is 13.4. The molecule has 0 amide bonds. The Balaban J connectivity index is 2.59. The predicted molar refractivity (Wildman–Crippen MR) is 86.4 cm³/mol. The van der Waals surface area contributed by atoms with Crippen molar-refractivity contribution >= 4 is 0 Å². The molecule has 0 radical (unpaired) electrons. The van der Waals surface area contributed by atoms with Gasteiger partial charge >= 0.3 is 0 Å². The van der Waals surface area contributed by atoms with Crippen LogP contribution in [0.4, 0.5) is 0 Å². The summed E-state index contributed by atoms with van der Waals surface area (Å²) in [4.78, 5) is 0. The molecular formula is C18H23NO2. The average molecular weight is 285 g/mol. The van der Waals surface area contributed by atoms with Crippen LogP contribution in [0.5, 0.6) is 11.5 Å². The van der Waals surface area contributed by atoms with Gasteiger partial charge in [-0.05, 0) is 43.7 Å². The zero-order chi connectivity index (χ0) is 15.4. The summed E-state index contributed by atoms with van der Waals surface area (Å²) in [6.45, 7) is 4.29. The highest BCUT2D eigenvalue weighted by atomic mass is 16.5. The van der Waals surface area contributed by atoms with Crippen molar-refractivity contribution in [1.29, 1.82) is 0 Å². The highest BCUT2D eigenvalue weighted by molar-refractivity contribution is 5.52. The van der Waals surface area contributed by atoms with Crippen LogP contribution in [0, 0.1) is 13.8 Å². The molecule has 3 nitrogen and oxygen atoms in total. The first-order chi connectivity index (χ1) is 10.1. The maximum absolute atomic E-state index is 5.58. The lowest BCUT2D eigenvalue weighted by molar-refractivity contribution is 0.349. The van der Waals surface area contributed by atoms with Crippen molar-refractivity contribution in [2.45, 2.75) is 19.9 Å². The van der Waals surface area contributed by atoms with Gasteiger partial charge in [-0.3, -0.25) is 0 Å². The van der Waals surface area contributed by atoms with Gasteiger partial charge < -0.3 is 14.8 Å². The first kappa shape index (κ1) is 15.4. The highest BCUT2D eigenvalue weighted by Crippen LogP contribution is 2.38. The molecule has 0 aliphatic rings. The average Bonchev–Trinajstić information content (AvgIpc) is 2.51. The van der Waals surface area contributed by atoms with Gasteiger partial charge in [-0.1, -0.05) is 30.3 Å². The maximum Gasteiger partial charge on any atom is 0.165 e. The minimum atomic E-state index is 0.0648. The van der Waals surface area contributed by atoms with Crippen LogP contribution in [0.2, 0.25) is 0 Å². The van der Waals surface area contributed by atoms with Crippen LogP contribution in [0.1, 0.15) is 28.3 Å². The standard InChI is InChI=1S/C18H23NO2/c1-12-8-6-9-14(13(12)2)17(19-3)15-10-7-11-16(20-4)18(15)21-5/h6-11,17,19H,1-5H3. The van der Waals surface area contributed by atoms with Crippen LogP contribution in [0.25, 0.3) is 0 Å². The van der Waals surface area contributed by atoms with Crippen LogP contribution in [0.15, 0.2) is 36.4 Å². The summed E-state index contributed by atoms with van der Waals surface area (Å²) in [6.07, 6.45) is 0. The first-order valence-electron chi connectivity index (χ1n) is 7.08. The Morgan fingerprint density at radius 1 is 0.905 bits per heavy atom. The van der Waals surface area contributed by atoms with Crippen LogP contribution < -0.4 is 14.8 Å². The normalized spacial score (nSPS) is 12.0. The van der Waals surface area contributed by atoms with E-state index in [1.54, 1.807) is 14.2 Å². The number of benzene rings is 2. The molecule has 112 valence electrons. The Morgan fingerprint density at radius 2 is 1.57 bits per heavy atom. The van der Waals surface area contributed by atoms with Gasteiger partial charge in [0.2, 0.25) is 0 Å². The van der Waals surface area contributed by atoms with Gasteiger partial charge in [-0.25, -0.2) is 0 Å². The lowest BCUT2D eigenvalue weighted by Crippen LogP contribution is -2.20. The molecule has 1 atom stereocenters. The van der Waals surface area contributed by atoms with E-state index in [-0.39, 0.29) is 6.04 Å². The van der Waals surface area contributed by atoms with Gasteiger partial charge in [0.25, 0.3) is 0 Å². The number of aryl methyl sites for hydroxylation is 1. The molecule has 0 saturated carbocycles. The fourth-order valence-electron chi connectivity index (χ4n) is 2.70. The Bertz CT molecular complexity index is 623. The molecule has 1 N–H and O–H groups in total. The minimum absolute atomic E-state index is 0.0648. The summed E-state index contributed by atoms with van der Waals surface area (Å²) in [6, 6.07) is 12.4. The number of para-hydroxylation sites is 1. The number of hydrogen-bond donors (Lipinski definition) is 1. The van der Waals surface area contributed by atoms with E-state index in [2.05, 4.69) is 43.4 Å². The molecule has 2 rings (SSSR count). The molecule has 0 aliphatic heterocycles. The van der Waals surface area contributed by atoms with E-state index in [1.165, 1.54) is 16.7 Å². The number of methoxy groups -OCH3 is 2. The molecule has 0 saturated heterocycles. The van der Waals surface area contributed by atoms with Crippen molar-refractivity contribution in [2.24, 2.45) is 0 Å². The van der Waals surface area contributed by atoms with E-state index >= 15 is 0 Å². The van der Waals surface area contributed by atoms with Gasteiger partial charge in [0, 0.05) is 5.56 Å². The largest absolute Gasteiger partial charge is 0.493 e. The summed E-state index contributed by atoms with van der Waals surface area (Å²) >= 11 is 0. The fourth-order valence-corrected chi connectivity index (χ4v) is 2.70. The predicted octanol–water partition coefficient (Wildman–Crippen LogP) is 3.63. The van der Waals surface area contributed by atoms with Crippen molar-refractivity contribution in [3.8, 4) is 11.5 Å². The summed E-state index contributed by atoms with van der Waals surface area (Å²) in [5.74, 6) is 1.53. The zero-order valence-corrected chi connectivity index (χ0v) is 13.4. The van der Waals surface area contributed by atoms with Crippen LogP contribution in [-0.4, -0.2) is 21.3 Å². The van der Waals surface area contributed by atoms with Crippen LogP contribution >= 0.6 is 0 Å². The molecule has 0 spiro atoms. The number of nitrogens with one attached hydrogen (secondary N) is 1.